The quantitative estimate of drug-likeness (QED) is 0.788. The zero-order chi connectivity index (χ0) is 12.4. The summed E-state index contributed by atoms with van der Waals surface area (Å²) in [5.74, 6) is -0.315. The summed E-state index contributed by atoms with van der Waals surface area (Å²) in [5.41, 5.74) is 0.893. The van der Waals surface area contributed by atoms with Crippen LogP contribution in [0, 0.1) is 17.1 Å². The van der Waals surface area contributed by atoms with E-state index in [0.717, 1.165) is 10.9 Å². The van der Waals surface area contributed by atoms with Crippen LogP contribution >= 0.6 is 0 Å². The van der Waals surface area contributed by atoms with Crippen molar-refractivity contribution in [2.24, 2.45) is 0 Å². The van der Waals surface area contributed by atoms with Crippen molar-refractivity contribution in [3.05, 3.63) is 41.7 Å². The summed E-state index contributed by atoms with van der Waals surface area (Å²) in [6.45, 7) is 1.82. The van der Waals surface area contributed by atoms with Gasteiger partial charge in [0, 0.05) is 5.39 Å². The van der Waals surface area contributed by atoms with E-state index in [-0.39, 0.29) is 17.5 Å². The molecule has 17 heavy (non-hydrogen) atoms. The van der Waals surface area contributed by atoms with E-state index in [4.69, 9.17) is 10.00 Å². The van der Waals surface area contributed by atoms with Crippen molar-refractivity contribution in [1.29, 1.82) is 5.26 Å². The molecule has 2 rings (SSSR count). The van der Waals surface area contributed by atoms with Crippen molar-refractivity contribution in [2.45, 2.75) is 12.8 Å². The second-order valence-corrected chi connectivity index (χ2v) is 3.91. The van der Waals surface area contributed by atoms with Crippen molar-refractivity contribution in [2.75, 3.05) is 7.11 Å². The van der Waals surface area contributed by atoms with Gasteiger partial charge >= 0.3 is 0 Å². The summed E-state index contributed by atoms with van der Waals surface area (Å²) < 4.78 is 18.8. The Bertz CT molecular complexity index is 601. The molecule has 1 unspecified atom stereocenters. The van der Waals surface area contributed by atoms with E-state index in [0.29, 0.717) is 5.39 Å². The molecular formula is C14H12FNO. The number of nitriles is 1. The average molecular weight is 229 g/mol. The minimum absolute atomic E-state index is 0.190. The Balaban J connectivity index is 2.62. The maximum Gasteiger partial charge on any atom is 0.172 e. The number of ether oxygens (including phenoxy) is 1. The van der Waals surface area contributed by atoms with Crippen LogP contribution < -0.4 is 4.74 Å². The maximum atomic E-state index is 13.9. The lowest BCUT2D eigenvalue weighted by Crippen LogP contribution is -1.92. The minimum atomic E-state index is -0.360. The Labute approximate surface area is 99.2 Å². The molecule has 0 aliphatic carbocycles. The highest BCUT2D eigenvalue weighted by molar-refractivity contribution is 5.85. The van der Waals surface area contributed by atoms with Crippen molar-refractivity contribution >= 4 is 10.8 Å². The van der Waals surface area contributed by atoms with Gasteiger partial charge in [-0.25, -0.2) is 4.39 Å². The van der Waals surface area contributed by atoms with Crippen molar-refractivity contribution in [3.8, 4) is 11.8 Å². The molecule has 0 aliphatic rings. The zero-order valence-corrected chi connectivity index (χ0v) is 9.70. The first-order valence-electron chi connectivity index (χ1n) is 5.33. The molecule has 0 saturated carbocycles. The van der Waals surface area contributed by atoms with E-state index >= 15 is 0 Å². The first-order chi connectivity index (χ1) is 8.17. The fraction of sp³-hybridized carbons (Fsp3) is 0.214. The highest BCUT2D eigenvalue weighted by Gasteiger charge is 2.10. The van der Waals surface area contributed by atoms with E-state index in [1.165, 1.54) is 7.11 Å². The van der Waals surface area contributed by atoms with E-state index in [2.05, 4.69) is 6.07 Å². The van der Waals surface area contributed by atoms with Gasteiger partial charge < -0.3 is 4.74 Å². The third kappa shape index (κ3) is 1.94. The molecule has 2 aromatic carbocycles. The Hall–Kier alpha value is -2.08. The molecule has 0 N–H and O–H groups in total. The lowest BCUT2D eigenvalue weighted by molar-refractivity contribution is 0.389. The second kappa shape index (κ2) is 4.42. The van der Waals surface area contributed by atoms with Crippen LogP contribution in [0.2, 0.25) is 0 Å². The Kier molecular flexibility index (Phi) is 2.97. The molecule has 0 saturated heterocycles. The second-order valence-electron chi connectivity index (χ2n) is 3.91. The summed E-state index contributed by atoms with van der Waals surface area (Å²) in [5, 5.41) is 10.1. The van der Waals surface area contributed by atoms with Gasteiger partial charge in [0.25, 0.3) is 0 Å². The summed E-state index contributed by atoms with van der Waals surface area (Å²) in [4.78, 5) is 0. The van der Waals surface area contributed by atoms with Crippen molar-refractivity contribution < 1.29 is 9.13 Å². The SMILES string of the molecule is COc1ccc2cc(C(C)C#N)ccc2c1F. The number of hydrogen-bond donors (Lipinski definition) is 0. The molecule has 0 aromatic heterocycles. The van der Waals surface area contributed by atoms with Gasteiger partial charge in [-0.3, -0.25) is 0 Å². The lowest BCUT2D eigenvalue weighted by atomic mass is 9.98. The molecule has 0 spiro atoms. The Morgan fingerprint density at radius 1 is 1.29 bits per heavy atom. The molecule has 1 atom stereocenters. The maximum absolute atomic E-state index is 13.9. The monoisotopic (exact) mass is 229 g/mol. The number of rotatable bonds is 2. The largest absolute Gasteiger partial charge is 0.494 e. The Morgan fingerprint density at radius 3 is 2.71 bits per heavy atom. The molecule has 0 amide bonds. The van der Waals surface area contributed by atoms with Gasteiger partial charge in [-0.2, -0.15) is 5.26 Å². The molecule has 86 valence electrons. The normalized spacial score (nSPS) is 12.1. The molecule has 0 bridgehead atoms. The molecule has 0 aliphatic heterocycles. The van der Waals surface area contributed by atoms with Gasteiger partial charge in [0.1, 0.15) is 0 Å². The van der Waals surface area contributed by atoms with Crippen LogP contribution in [0.4, 0.5) is 4.39 Å². The molecule has 0 radical (unpaired) electrons. The summed E-state index contributed by atoms with van der Waals surface area (Å²) in [6, 6.07) is 10.9. The fourth-order valence-electron chi connectivity index (χ4n) is 1.79. The lowest BCUT2D eigenvalue weighted by Gasteiger charge is -2.08. The fourth-order valence-corrected chi connectivity index (χ4v) is 1.79. The van der Waals surface area contributed by atoms with Crippen LogP contribution in [0.15, 0.2) is 30.3 Å². The van der Waals surface area contributed by atoms with E-state index in [9.17, 15) is 4.39 Å². The topological polar surface area (TPSA) is 33.0 Å². The van der Waals surface area contributed by atoms with Crippen LogP contribution in [0.5, 0.6) is 5.75 Å². The third-order valence-corrected chi connectivity index (χ3v) is 2.86. The van der Waals surface area contributed by atoms with Crippen LogP contribution in [-0.4, -0.2) is 7.11 Å². The predicted molar refractivity (Wildman–Crippen MR) is 64.5 cm³/mol. The first-order valence-corrected chi connectivity index (χ1v) is 5.33. The number of halogens is 1. The van der Waals surface area contributed by atoms with Crippen LogP contribution in [0.3, 0.4) is 0 Å². The third-order valence-electron chi connectivity index (χ3n) is 2.86. The average Bonchev–Trinajstić information content (AvgIpc) is 2.38. The number of nitrogens with zero attached hydrogens (tertiary/aromatic N) is 1. The number of hydrogen-bond acceptors (Lipinski definition) is 2. The Morgan fingerprint density at radius 2 is 2.06 bits per heavy atom. The zero-order valence-electron chi connectivity index (χ0n) is 9.70. The van der Waals surface area contributed by atoms with Gasteiger partial charge in [-0.05, 0) is 30.0 Å². The van der Waals surface area contributed by atoms with Crippen LogP contribution in [0.25, 0.3) is 10.8 Å². The van der Waals surface area contributed by atoms with Gasteiger partial charge in [-0.1, -0.05) is 18.2 Å². The first kappa shape index (κ1) is 11.4. The van der Waals surface area contributed by atoms with E-state index < -0.39 is 0 Å². The number of methoxy groups -OCH3 is 1. The van der Waals surface area contributed by atoms with Gasteiger partial charge in [0.05, 0.1) is 19.1 Å². The van der Waals surface area contributed by atoms with Crippen LogP contribution in [0.1, 0.15) is 18.4 Å². The van der Waals surface area contributed by atoms with Crippen molar-refractivity contribution in [1.82, 2.24) is 0 Å². The number of benzene rings is 2. The van der Waals surface area contributed by atoms with E-state index in [1.54, 1.807) is 24.3 Å². The summed E-state index contributed by atoms with van der Waals surface area (Å²) in [6.07, 6.45) is 0. The standard InChI is InChI=1S/C14H12FNO/c1-9(8-16)10-3-5-12-11(7-10)4-6-13(17-2)14(12)15/h3-7,9H,1-2H3. The highest BCUT2D eigenvalue weighted by Crippen LogP contribution is 2.28. The van der Waals surface area contributed by atoms with Gasteiger partial charge in [0.15, 0.2) is 11.6 Å². The van der Waals surface area contributed by atoms with Gasteiger partial charge in [0.2, 0.25) is 0 Å². The molecular weight excluding hydrogens is 217 g/mol. The highest BCUT2D eigenvalue weighted by atomic mass is 19.1. The van der Waals surface area contributed by atoms with Gasteiger partial charge in [-0.15, -0.1) is 0 Å². The van der Waals surface area contributed by atoms with Crippen LogP contribution in [-0.2, 0) is 0 Å². The number of fused-ring (bicyclic) bond motifs is 1. The molecule has 0 heterocycles. The summed E-state index contributed by atoms with van der Waals surface area (Å²) >= 11 is 0. The molecule has 3 heteroatoms. The minimum Gasteiger partial charge on any atom is -0.494 e. The van der Waals surface area contributed by atoms with Crippen molar-refractivity contribution in [3.63, 3.8) is 0 Å². The van der Waals surface area contributed by atoms with E-state index in [1.807, 2.05) is 13.0 Å². The molecule has 0 fully saturated rings. The smallest absolute Gasteiger partial charge is 0.172 e. The predicted octanol–water partition coefficient (Wildman–Crippen LogP) is 3.61. The molecule has 2 aromatic rings. The summed E-state index contributed by atoms with van der Waals surface area (Å²) in [7, 11) is 1.44. The molecule has 2 nitrogen and oxygen atoms in total.